The van der Waals surface area contributed by atoms with E-state index in [0.29, 0.717) is 16.1 Å². The van der Waals surface area contributed by atoms with Gasteiger partial charge in [0.15, 0.2) is 0 Å². The van der Waals surface area contributed by atoms with E-state index in [4.69, 9.17) is 23.2 Å². The summed E-state index contributed by atoms with van der Waals surface area (Å²) >= 11 is 12.1. The van der Waals surface area contributed by atoms with Crippen molar-refractivity contribution >= 4 is 34.6 Å². The van der Waals surface area contributed by atoms with Gasteiger partial charge in [-0.05, 0) is 31.4 Å². The second kappa shape index (κ2) is 4.01. The molecule has 2 aliphatic heterocycles. The summed E-state index contributed by atoms with van der Waals surface area (Å²) in [5.41, 5.74) is 2.33. The summed E-state index contributed by atoms with van der Waals surface area (Å²) < 4.78 is 0. The quantitative estimate of drug-likeness (QED) is 0.760. The van der Waals surface area contributed by atoms with Crippen LogP contribution in [-0.2, 0) is 0 Å². The largest absolute Gasteiger partial charge is 0.381 e. The van der Waals surface area contributed by atoms with Crippen LogP contribution in [0.15, 0.2) is 12.1 Å². The van der Waals surface area contributed by atoms with E-state index in [2.05, 4.69) is 10.2 Å². The molecule has 1 unspecified atom stereocenters. The summed E-state index contributed by atoms with van der Waals surface area (Å²) in [7, 11) is 0. The van der Waals surface area contributed by atoms with E-state index < -0.39 is 0 Å². The van der Waals surface area contributed by atoms with Crippen molar-refractivity contribution in [1.82, 2.24) is 0 Å². The predicted octanol–water partition coefficient (Wildman–Crippen LogP) is 3.78. The van der Waals surface area contributed by atoms with Crippen molar-refractivity contribution in [2.75, 3.05) is 23.3 Å². The highest BCUT2D eigenvalue weighted by Gasteiger charge is 2.28. The summed E-state index contributed by atoms with van der Waals surface area (Å²) in [6.45, 7) is 2.16. The van der Waals surface area contributed by atoms with E-state index in [0.717, 1.165) is 18.8 Å². The number of anilines is 2. The molecule has 4 heteroatoms. The topological polar surface area (TPSA) is 15.3 Å². The Labute approximate surface area is 106 Å². The van der Waals surface area contributed by atoms with Crippen LogP contribution in [0.2, 0.25) is 10.0 Å². The molecule has 0 bridgehead atoms. The van der Waals surface area contributed by atoms with Crippen LogP contribution in [0.4, 0.5) is 11.4 Å². The van der Waals surface area contributed by atoms with E-state index in [-0.39, 0.29) is 0 Å². The first-order valence-corrected chi connectivity index (χ1v) is 6.51. The normalized spacial score (nSPS) is 23.4. The fourth-order valence-corrected chi connectivity index (χ4v) is 2.99. The Morgan fingerprint density at radius 2 is 2.00 bits per heavy atom. The van der Waals surface area contributed by atoms with Gasteiger partial charge in [0.2, 0.25) is 0 Å². The number of halogens is 2. The number of nitrogens with one attached hydrogen (secondary N) is 1. The second-order valence-electron chi connectivity index (χ2n) is 4.51. The molecule has 0 saturated carbocycles. The fourth-order valence-electron chi connectivity index (χ4n) is 2.67. The molecule has 0 aromatic heterocycles. The van der Waals surface area contributed by atoms with Gasteiger partial charge in [-0.25, -0.2) is 0 Å². The molecule has 1 saturated heterocycles. The Hall–Kier alpha value is -0.600. The molecule has 1 aromatic carbocycles. The third-order valence-corrected chi connectivity index (χ3v) is 4.23. The molecule has 2 aliphatic rings. The van der Waals surface area contributed by atoms with Crippen molar-refractivity contribution in [2.24, 2.45) is 0 Å². The van der Waals surface area contributed by atoms with E-state index >= 15 is 0 Å². The molecule has 2 heterocycles. The zero-order valence-corrected chi connectivity index (χ0v) is 10.5. The highest BCUT2D eigenvalue weighted by Crippen LogP contribution is 2.40. The van der Waals surface area contributed by atoms with Gasteiger partial charge >= 0.3 is 0 Å². The lowest BCUT2D eigenvalue weighted by atomic mass is 9.98. The highest BCUT2D eigenvalue weighted by atomic mass is 35.5. The summed E-state index contributed by atoms with van der Waals surface area (Å²) in [6, 6.07) is 4.55. The van der Waals surface area contributed by atoms with Gasteiger partial charge in [-0.3, -0.25) is 0 Å². The highest BCUT2D eigenvalue weighted by molar-refractivity contribution is 6.42. The van der Waals surface area contributed by atoms with Crippen LogP contribution in [-0.4, -0.2) is 19.1 Å². The first-order chi connectivity index (χ1) is 7.75. The minimum atomic E-state index is 0.624. The summed E-state index contributed by atoms with van der Waals surface area (Å²) in [5.74, 6) is 0. The summed E-state index contributed by atoms with van der Waals surface area (Å²) in [6.07, 6.45) is 3.88. The van der Waals surface area contributed by atoms with Crippen molar-refractivity contribution in [3.05, 3.63) is 22.2 Å². The average molecular weight is 257 g/mol. The van der Waals surface area contributed by atoms with Crippen molar-refractivity contribution < 1.29 is 0 Å². The van der Waals surface area contributed by atoms with Gasteiger partial charge in [0.05, 0.1) is 21.4 Å². The minimum Gasteiger partial charge on any atom is -0.381 e. The zero-order chi connectivity index (χ0) is 11.1. The summed E-state index contributed by atoms with van der Waals surface area (Å²) in [5, 5.41) is 4.72. The van der Waals surface area contributed by atoms with Crippen LogP contribution in [0.1, 0.15) is 19.3 Å². The first-order valence-electron chi connectivity index (χ1n) is 5.75. The number of fused-ring (bicyclic) bond motifs is 3. The molecule has 1 N–H and O–H groups in total. The molecule has 0 spiro atoms. The van der Waals surface area contributed by atoms with Gasteiger partial charge in [-0.2, -0.15) is 0 Å². The number of nitrogens with zero attached hydrogens (tertiary/aromatic N) is 1. The van der Waals surface area contributed by atoms with E-state index in [1.54, 1.807) is 0 Å². The number of piperidine rings is 1. The lowest BCUT2D eigenvalue weighted by Crippen LogP contribution is -2.46. The smallest absolute Gasteiger partial charge is 0.0621 e. The Kier molecular flexibility index (Phi) is 2.64. The van der Waals surface area contributed by atoms with Crippen LogP contribution in [0.25, 0.3) is 0 Å². The van der Waals surface area contributed by atoms with E-state index in [1.165, 1.54) is 24.9 Å². The average Bonchev–Trinajstić information content (AvgIpc) is 2.31. The third-order valence-electron chi connectivity index (χ3n) is 3.50. The molecule has 86 valence electrons. The minimum absolute atomic E-state index is 0.624. The Morgan fingerprint density at radius 3 is 2.88 bits per heavy atom. The second-order valence-corrected chi connectivity index (χ2v) is 5.32. The predicted molar refractivity (Wildman–Crippen MR) is 69.9 cm³/mol. The van der Waals surface area contributed by atoms with Crippen LogP contribution >= 0.6 is 23.2 Å². The SMILES string of the molecule is Clc1cc2c(cc1Cl)N1CCCCC1CN2. The van der Waals surface area contributed by atoms with Gasteiger partial charge in [-0.1, -0.05) is 23.2 Å². The molecule has 0 aliphatic carbocycles. The molecule has 3 rings (SSSR count). The van der Waals surface area contributed by atoms with Gasteiger partial charge in [-0.15, -0.1) is 0 Å². The monoisotopic (exact) mass is 256 g/mol. The molecule has 0 radical (unpaired) electrons. The molecule has 1 aromatic rings. The molecular weight excluding hydrogens is 243 g/mol. The number of hydrogen-bond acceptors (Lipinski definition) is 2. The van der Waals surface area contributed by atoms with Crippen molar-refractivity contribution in [3.8, 4) is 0 Å². The van der Waals surface area contributed by atoms with Crippen LogP contribution in [0, 0.1) is 0 Å². The molecular formula is C12H14Cl2N2. The Bertz CT molecular complexity index is 420. The summed E-state index contributed by atoms with van der Waals surface area (Å²) in [4.78, 5) is 2.47. The van der Waals surface area contributed by atoms with Crippen LogP contribution in [0.3, 0.4) is 0 Å². The molecule has 16 heavy (non-hydrogen) atoms. The molecule has 1 atom stereocenters. The van der Waals surface area contributed by atoms with Crippen LogP contribution < -0.4 is 10.2 Å². The van der Waals surface area contributed by atoms with Gasteiger partial charge in [0.1, 0.15) is 0 Å². The lowest BCUT2D eigenvalue weighted by Gasteiger charge is -2.42. The maximum absolute atomic E-state index is 6.09. The molecule has 2 nitrogen and oxygen atoms in total. The Morgan fingerprint density at radius 1 is 1.19 bits per heavy atom. The maximum atomic E-state index is 6.09. The zero-order valence-electron chi connectivity index (χ0n) is 8.97. The van der Waals surface area contributed by atoms with E-state index in [1.807, 2.05) is 12.1 Å². The third kappa shape index (κ3) is 1.64. The van der Waals surface area contributed by atoms with Gasteiger partial charge < -0.3 is 10.2 Å². The number of hydrogen-bond donors (Lipinski definition) is 1. The van der Waals surface area contributed by atoms with Crippen molar-refractivity contribution in [3.63, 3.8) is 0 Å². The first kappa shape index (κ1) is 10.5. The maximum Gasteiger partial charge on any atom is 0.0621 e. The number of benzene rings is 1. The standard InChI is InChI=1S/C12H14Cl2N2/c13-9-5-11-12(6-10(9)14)16-4-2-1-3-8(16)7-15-11/h5-6,8,15H,1-4,7H2. The van der Waals surface area contributed by atoms with Gasteiger partial charge in [0.25, 0.3) is 0 Å². The van der Waals surface area contributed by atoms with E-state index in [9.17, 15) is 0 Å². The fraction of sp³-hybridized carbons (Fsp3) is 0.500. The van der Waals surface area contributed by atoms with Gasteiger partial charge in [0, 0.05) is 19.1 Å². The van der Waals surface area contributed by atoms with Crippen LogP contribution in [0.5, 0.6) is 0 Å². The molecule has 1 fully saturated rings. The number of rotatable bonds is 0. The van der Waals surface area contributed by atoms with Crippen molar-refractivity contribution in [1.29, 1.82) is 0 Å². The Balaban J connectivity index is 2.04. The lowest BCUT2D eigenvalue weighted by molar-refractivity contribution is 0.466. The molecule has 0 amide bonds. The van der Waals surface area contributed by atoms with Crippen molar-refractivity contribution in [2.45, 2.75) is 25.3 Å².